The molecule has 0 saturated carbocycles. The van der Waals surface area contributed by atoms with E-state index in [1.165, 1.54) is 11.8 Å². The fourth-order valence-corrected chi connectivity index (χ4v) is 4.80. The zero-order chi connectivity index (χ0) is 26.3. The maximum Gasteiger partial charge on any atom is 0.267 e. The lowest BCUT2D eigenvalue weighted by Crippen LogP contribution is -2.28. The van der Waals surface area contributed by atoms with Crippen LogP contribution in [0.25, 0.3) is 17.2 Å². The highest BCUT2D eigenvalue weighted by atomic mass is 32.2. The number of phenols is 1. The molecule has 0 atom stereocenters. The molecule has 5 rings (SSSR count). The molecule has 0 unspecified atom stereocenters. The van der Waals surface area contributed by atoms with Crippen LogP contribution >= 0.6 is 11.8 Å². The Balaban J connectivity index is 1.39. The highest BCUT2D eigenvalue weighted by molar-refractivity contribution is 8.18. The average Bonchev–Trinajstić information content (AvgIpc) is 3.56. The molecule has 4 aromatic rings. The van der Waals surface area contributed by atoms with Gasteiger partial charge in [-0.3, -0.25) is 9.69 Å². The molecule has 1 amide bonds. The lowest BCUT2D eigenvalue weighted by molar-refractivity contribution is -0.122. The summed E-state index contributed by atoms with van der Waals surface area (Å²) in [7, 11) is 0. The van der Waals surface area contributed by atoms with Crippen LogP contribution in [-0.2, 0) is 11.3 Å². The number of carbonyl (C=O) groups excluding carboxylic acids is 1. The molecule has 1 fully saturated rings. The lowest BCUT2D eigenvalue weighted by Gasteiger charge is -2.12. The van der Waals surface area contributed by atoms with Gasteiger partial charge in [0.25, 0.3) is 5.91 Å². The van der Waals surface area contributed by atoms with Gasteiger partial charge in [-0.25, -0.2) is 0 Å². The van der Waals surface area contributed by atoms with E-state index < -0.39 is 0 Å². The topological polar surface area (TPSA) is 87.6 Å². The van der Waals surface area contributed by atoms with Crippen molar-refractivity contribution in [3.63, 3.8) is 0 Å². The van der Waals surface area contributed by atoms with Crippen LogP contribution in [0.1, 0.15) is 23.8 Å². The van der Waals surface area contributed by atoms with Crippen molar-refractivity contribution in [1.29, 1.82) is 0 Å². The predicted octanol–water partition coefficient (Wildman–Crippen LogP) is 6.56. The van der Waals surface area contributed by atoms with Crippen molar-refractivity contribution in [3.05, 3.63) is 113 Å². The smallest absolute Gasteiger partial charge is 0.267 e. The standard InChI is InChI=1S/C30H25N3O4S/c1-2-36-27-17-22(12-15-26(27)34)19-31-32-30-33(20-25-9-6-16-37-25)29(35)28(38-30)18-21-10-13-24(14-11-21)23-7-4-3-5-8-23/h3-19,34H,2,20H2,1H3/b28-18-,31-19-,32-30+. The first kappa shape index (κ1) is 25.1. The third-order valence-corrected chi connectivity index (χ3v) is 6.73. The first-order valence-electron chi connectivity index (χ1n) is 12.1. The van der Waals surface area contributed by atoms with E-state index in [1.54, 1.807) is 41.6 Å². The van der Waals surface area contributed by atoms with Gasteiger partial charge >= 0.3 is 0 Å². The molecule has 190 valence electrons. The number of rotatable bonds is 8. The summed E-state index contributed by atoms with van der Waals surface area (Å²) in [6.45, 7) is 2.52. The van der Waals surface area contributed by atoms with Crippen LogP contribution < -0.4 is 4.74 Å². The number of amides is 1. The summed E-state index contributed by atoms with van der Waals surface area (Å²) in [4.78, 5) is 15.4. The van der Waals surface area contributed by atoms with Gasteiger partial charge in [-0.1, -0.05) is 54.6 Å². The number of phenolic OH excluding ortho intramolecular Hbond substituents is 1. The second-order valence-corrected chi connectivity index (χ2v) is 9.37. The third-order valence-electron chi connectivity index (χ3n) is 5.73. The molecule has 7 nitrogen and oxygen atoms in total. The van der Waals surface area contributed by atoms with Crippen LogP contribution in [0.5, 0.6) is 11.5 Å². The van der Waals surface area contributed by atoms with Crippen LogP contribution in [0.15, 0.2) is 111 Å². The van der Waals surface area contributed by atoms with Crippen LogP contribution in [0.2, 0.25) is 0 Å². The first-order chi connectivity index (χ1) is 18.6. The molecule has 1 aliphatic heterocycles. The summed E-state index contributed by atoms with van der Waals surface area (Å²) >= 11 is 1.26. The molecule has 1 aromatic heterocycles. The maximum absolute atomic E-state index is 13.3. The van der Waals surface area contributed by atoms with Gasteiger partial charge in [-0.05, 0) is 77.3 Å². The van der Waals surface area contributed by atoms with Crippen LogP contribution in [-0.4, -0.2) is 33.9 Å². The minimum atomic E-state index is -0.171. The Labute approximate surface area is 224 Å². The Bertz CT molecular complexity index is 1490. The molecule has 3 aromatic carbocycles. The van der Waals surface area contributed by atoms with Gasteiger partial charge in [0, 0.05) is 0 Å². The molecule has 1 N–H and O–H groups in total. The monoisotopic (exact) mass is 523 g/mol. The molecule has 1 aliphatic rings. The zero-order valence-electron chi connectivity index (χ0n) is 20.7. The molecule has 2 heterocycles. The molecule has 38 heavy (non-hydrogen) atoms. The Kier molecular flexibility index (Phi) is 7.70. The van der Waals surface area contributed by atoms with Gasteiger partial charge in [0.2, 0.25) is 0 Å². The van der Waals surface area contributed by atoms with Gasteiger partial charge < -0.3 is 14.3 Å². The predicted molar refractivity (Wildman–Crippen MR) is 151 cm³/mol. The van der Waals surface area contributed by atoms with E-state index in [9.17, 15) is 9.90 Å². The fraction of sp³-hybridized carbons (Fsp3) is 0.100. The van der Waals surface area contributed by atoms with Gasteiger partial charge in [0.05, 0.1) is 30.5 Å². The Morgan fingerprint density at radius 2 is 1.74 bits per heavy atom. The minimum absolute atomic E-state index is 0.0588. The third kappa shape index (κ3) is 5.87. The molecule has 0 spiro atoms. The summed E-state index contributed by atoms with van der Waals surface area (Å²) < 4.78 is 10.9. The van der Waals surface area contributed by atoms with E-state index in [0.717, 1.165) is 16.7 Å². The van der Waals surface area contributed by atoms with Crippen molar-refractivity contribution in [2.75, 3.05) is 6.61 Å². The number of nitrogens with zero attached hydrogens (tertiary/aromatic N) is 3. The quantitative estimate of drug-likeness (QED) is 0.161. The van der Waals surface area contributed by atoms with Crippen molar-refractivity contribution in [2.24, 2.45) is 10.2 Å². The highest BCUT2D eigenvalue weighted by Gasteiger charge is 2.34. The molecule has 0 aliphatic carbocycles. The second kappa shape index (κ2) is 11.7. The summed E-state index contributed by atoms with van der Waals surface area (Å²) in [5.74, 6) is 0.903. The Hall–Kier alpha value is -4.56. The van der Waals surface area contributed by atoms with E-state index in [1.807, 2.05) is 61.5 Å². The van der Waals surface area contributed by atoms with Crippen molar-refractivity contribution in [2.45, 2.75) is 13.5 Å². The van der Waals surface area contributed by atoms with E-state index in [4.69, 9.17) is 9.15 Å². The number of hydrogen-bond acceptors (Lipinski definition) is 7. The lowest BCUT2D eigenvalue weighted by atomic mass is 10.0. The molecular weight excluding hydrogens is 498 g/mol. The number of carbonyl (C=O) groups is 1. The number of benzene rings is 3. The molecule has 0 radical (unpaired) electrons. The van der Waals surface area contributed by atoms with Gasteiger partial charge in [-0.2, -0.15) is 5.10 Å². The first-order valence-corrected chi connectivity index (χ1v) is 12.9. The van der Waals surface area contributed by atoms with E-state index in [-0.39, 0.29) is 18.2 Å². The molecule has 1 saturated heterocycles. The van der Waals surface area contributed by atoms with Crippen LogP contribution in [0.3, 0.4) is 0 Å². The normalized spacial score (nSPS) is 15.7. The van der Waals surface area contributed by atoms with E-state index in [2.05, 4.69) is 22.3 Å². The zero-order valence-corrected chi connectivity index (χ0v) is 21.5. The Morgan fingerprint density at radius 3 is 2.47 bits per heavy atom. The number of thioether (sulfide) groups is 1. The summed E-state index contributed by atoms with van der Waals surface area (Å²) in [5.41, 5.74) is 3.86. The number of furan rings is 1. The minimum Gasteiger partial charge on any atom is -0.504 e. The van der Waals surface area contributed by atoms with Crippen molar-refractivity contribution in [3.8, 4) is 22.6 Å². The Morgan fingerprint density at radius 1 is 0.974 bits per heavy atom. The van der Waals surface area contributed by atoms with Gasteiger partial charge in [-0.15, -0.1) is 5.10 Å². The van der Waals surface area contributed by atoms with Crippen LogP contribution in [0, 0.1) is 0 Å². The van der Waals surface area contributed by atoms with Crippen LogP contribution in [0.4, 0.5) is 0 Å². The summed E-state index contributed by atoms with van der Waals surface area (Å²) in [6.07, 6.45) is 4.98. The van der Waals surface area contributed by atoms with Crippen molar-refractivity contribution in [1.82, 2.24) is 4.90 Å². The summed E-state index contributed by atoms with van der Waals surface area (Å²) in [6, 6.07) is 26.7. The number of amidine groups is 1. The van der Waals surface area contributed by atoms with E-state index >= 15 is 0 Å². The number of aromatic hydroxyl groups is 1. The summed E-state index contributed by atoms with van der Waals surface area (Å²) in [5, 5.41) is 18.9. The molecule has 0 bridgehead atoms. The number of ether oxygens (including phenoxy) is 1. The largest absolute Gasteiger partial charge is 0.504 e. The van der Waals surface area contributed by atoms with Gasteiger partial charge in [0.15, 0.2) is 16.7 Å². The number of hydrogen-bond donors (Lipinski definition) is 1. The fourth-order valence-electron chi connectivity index (χ4n) is 3.86. The highest BCUT2D eigenvalue weighted by Crippen LogP contribution is 2.34. The van der Waals surface area contributed by atoms with Crippen molar-refractivity contribution >= 4 is 35.1 Å². The second-order valence-electron chi connectivity index (χ2n) is 8.36. The average molecular weight is 524 g/mol. The molecule has 8 heteroatoms. The SMILES string of the molecule is CCOc1cc(/C=N\N=C2\S/C(=C\c3ccc(-c4ccccc4)cc3)C(=O)N2Cc2ccco2)ccc1O. The van der Waals surface area contributed by atoms with E-state index in [0.29, 0.717) is 33.8 Å². The van der Waals surface area contributed by atoms with Crippen molar-refractivity contribution < 1.29 is 19.1 Å². The molecular formula is C30H25N3O4S. The maximum atomic E-state index is 13.3. The van der Waals surface area contributed by atoms with Gasteiger partial charge in [0.1, 0.15) is 5.76 Å².